The number of rotatable bonds is 6. The zero-order chi connectivity index (χ0) is 21.4. The lowest BCUT2D eigenvalue weighted by Gasteiger charge is -2.45. The summed E-state index contributed by atoms with van der Waals surface area (Å²) >= 11 is 0. The molecule has 31 heavy (non-hydrogen) atoms. The first kappa shape index (κ1) is 20.2. The number of hydrogen-bond donors (Lipinski definition) is 1. The van der Waals surface area contributed by atoms with Crippen LogP contribution in [0.4, 0.5) is 0 Å². The van der Waals surface area contributed by atoms with Gasteiger partial charge in [-0.2, -0.15) is 0 Å². The second kappa shape index (κ2) is 8.05. The summed E-state index contributed by atoms with van der Waals surface area (Å²) in [6, 6.07) is 15.2. The minimum atomic E-state index is -0.830. The van der Waals surface area contributed by atoms with Gasteiger partial charge < -0.3 is 14.7 Å². The Labute approximate surface area is 181 Å². The molecule has 1 saturated heterocycles. The van der Waals surface area contributed by atoms with E-state index in [2.05, 4.69) is 15.2 Å². The SMILES string of the molecule is COc1ccccc1C1(O)C2CCC1CN(CCCn1nnc3ccccc3c1=O)C2. The van der Waals surface area contributed by atoms with E-state index in [4.69, 9.17) is 4.74 Å². The number of fused-ring (bicyclic) bond motifs is 3. The van der Waals surface area contributed by atoms with E-state index >= 15 is 0 Å². The van der Waals surface area contributed by atoms with Gasteiger partial charge in [-0.1, -0.05) is 35.5 Å². The van der Waals surface area contributed by atoms with Crippen LogP contribution in [-0.2, 0) is 12.1 Å². The van der Waals surface area contributed by atoms with Crippen molar-refractivity contribution < 1.29 is 9.84 Å². The molecule has 1 saturated carbocycles. The maximum atomic E-state index is 12.6. The molecule has 2 unspecified atom stereocenters. The summed E-state index contributed by atoms with van der Waals surface area (Å²) < 4.78 is 7.02. The fraction of sp³-hybridized carbons (Fsp3) is 0.458. The Morgan fingerprint density at radius 2 is 1.77 bits per heavy atom. The Balaban J connectivity index is 1.26. The highest BCUT2D eigenvalue weighted by Crippen LogP contribution is 2.53. The van der Waals surface area contributed by atoms with E-state index in [0.717, 1.165) is 50.2 Å². The molecule has 2 aliphatic rings. The Morgan fingerprint density at radius 3 is 2.55 bits per heavy atom. The minimum absolute atomic E-state index is 0.0881. The number of para-hydroxylation sites is 1. The van der Waals surface area contributed by atoms with Crippen molar-refractivity contribution in [2.24, 2.45) is 11.8 Å². The zero-order valence-electron chi connectivity index (χ0n) is 17.8. The topological polar surface area (TPSA) is 80.5 Å². The number of aryl methyl sites for hydroxylation is 1. The predicted octanol–water partition coefficient (Wildman–Crippen LogP) is 2.42. The third kappa shape index (κ3) is 3.42. The number of hydrogen-bond acceptors (Lipinski definition) is 6. The third-order valence-corrected chi connectivity index (χ3v) is 7.08. The Morgan fingerprint density at radius 1 is 1.06 bits per heavy atom. The molecule has 1 aliphatic heterocycles. The molecule has 7 heteroatoms. The summed E-state index contributed by atoms with van der Waals surface area (Å²) in [4.78, 5) is 15.1. The maximum absolute atomic E-state index is 12.6. The molecule has 1 N–H and O–H groups in total. The molecule has 3 aromatic rings. The number of aromatic nitrogens is 3. The van der Waals surface area contributed by atoms with Gasteiger partial charge >= 0.3 is 0 Å². The van der Waals surface area contributed by atoms with Gasteiger partial charge in [0.15, 0.2) is 0 Å². The van der Waals surface area contributed by atoms with Crippen molar-refractivity contribution in [1.29, 1.82) is 0 Å². The largest absolute Gasteiger partial charge is 0.496 e. The zero-order valence-corrected chi connectivity index (χ0v) is 17.8. The van der Waals surface area contributed by atoms with Crippen molar-refractivity contribution >= 4 is 10.9 Å². The van der Waals surface area contributed by atoms with Crippen LogP contribution in [0, 0.1) is 11.8 Å². The second-order valence-electron chi connectivity index (χ2n) is 8.74. The first-order valence-electron chi connectivity index (χ1n) is 11.0. The molecule has 2 fully saturated rings. The van der Waals surface area contributed by atoms with Crippen LogP contribution in [0.5, 0.6) is 5.75 Å². The fourth-order valence-corrected chi connectivity index (χ4v) is 5.55. The van der Waals surface area contributed by atoms with Gasteiger partial charge in [0, 0.05) is 37.0 Å². The lowest BCUT2D eigenvalue weighted by Crippen LogP contribution is -2.52. The van der Waals surface area contributed by atoms with Crippen molar-refractivity contribution in [1.82, 2.24) is 19.9 Å². The maximum Gasteiger partial charge on any atom is 0.277 e. The van der Waals surface area contributed by atoms with Crippen LogP contribution in [0.2, 0.25) is 0 Å². The van der Waals surface area contributed by atoms with Crippen molar-refractivity contribution in [3.63, 3.8) is 0 Å². The third-order valence-electron chi connectivity index (χ3n) is 7.08. The average molecular weight is 421 g/mol. The van der Waals surface area contributed by atoms with Crippen molar-refractivity contribution in [2.75, 3.05) is 26.7 Å². The van der Waals surface area contributed by atoms with Crippen molar-refractivity contribution in [3.8, 4) is 5.75 Å². The van der Waals surface area contributed by atoms with Gasteiger partial charge in [-0.15, -0.1) is 5.10 Å². The molecule has 1 aromatic heterocycles. The highest BCUT2D eigenvalue weighted by Gasteiger charge is 2.54. The fourth-order valence-electron chi connectivity index (χ4n) is 5.55. The summed E-state index contributed by atoms with van der Waals surface area (Å²) in [5.74, 6) is 1.14. The molecule has 162 valence electrons. The molecule has 7 nitrogen and oxygen atoms in total. The number of aliphatic hydroxyl groups is 1. The van der Waals surface area contributed by atoms with Crippen LogP contribution >= 0.6 is 0 Å². The molecule has 2 bridgehead atoms. The van der Waals surface area contributed by atoms with Gasteiger partial charge in [0.1, 0.15) is 16.9 Å². The highest BCUT2D eigenvalue weighted by atomic mass is 16.5. The van der Waals surface area contributed by atoms with Gasteiger partial charge in [0.25, 0.3) is 5.56 Å². The first-order valence-corrected chi connectivity index (χ1v) is 11.0. The van der Waals surface area contributed by atoms with E-state index in [1.807, 2.05) is 36.4 Å². The standard InChI is InChI=1S/C24H28N4O3/c1-31-22-10-5-3-8-20(22)24(30)17-11-12-18(24)16-27(15-17)13-6-14-28-23(29)19-7-2-4-9-21(19)25-26-28/h2-5,7-10,17-18,30H,6,11-16H2,1H3. The summed E-state index contributed by atoms with van der Waals surface area (Å²) in [7, 11) is 1.66. The van der Waals surface area contributed by atoms with E-state index in [-0.39, 0.29) is 17.4 Å². The number of likely N-dealkylation sites (tertiary alicyclic amines) is 1. The van der Waals surface area contributed by atoms with Crippen LogP contribution in [0.3, 0.4) is 0 Å². The summed E-state index contributed by atoms with van der Waals surface area (Å²) in [6.07, 6.45) is 2.86. The summed E-state index contributed by atoms with van der Waals surface area (Å²) in [5, 5.41) is 20.6. The average Bonchev–Trinajstić information content (AvgIpc) is 2.97. The normalized spacial score (nSPS) is 25.7. The molecule has 0 amide bonds. The quantitative estimate of drug-likeness (QED) is 0.660. The summed E-state index contributed by atoms with van der Waals surface area (Å²) in [5.41, 5.74) is 0.633. The van der Waals surface area contributed by atoms with Crippen molar-refractivity contribution in [2.45, 2.75) is 31.4 Å². The molecular formula is C24H28N4O3. The first-order chi connectivity index (χ1) is 15.1. The van der Waals surface area contributed by atoms with Gasteiger partial charge in [0.05, 0.1) is 12.5 Å². The molecular weight excluding hydrogens is 392 g/mol. The highest BCUT2D eigenvalue weighted by molar-refractivity contribution is 5.76. The minimum Gasteiger partial charge on any atom is -0.496 e. The second-order valence-corrected chi connectivity index (χ2v) is 8.74. The van der Waals surface area contributed by atoms with E-state index in [9.17, 15) is 9.90 Å². The number of piperidine rings is 1. The van der Waals surface area contributed by atoms with E-state index in [1.54, 1.807) is 19.2 Å². The van der Waals surface area contributed by atoms with Gasteiger partial charge in [-0.05, 0) is 44.0 Å². The lowest BCUT2D eigenvalue weighted by atomic mass is 9.75. The van der Waals surface area contributed by atoms with E-state index < -0.39 is 5.60 Å². The van der Waals surface area contributed by atoms with E-state index in [0.29, 0.717) is 17.4 Å². The van der Waals surface area contributed by atoms with Crippen LogP contribution < -0.4 is 10.3 Å². The Bertz CT molecular complexity index is 1130. The molecule has 0 radical (unpaired) electrons. The molecule has 2 aromatic carbocycles. The molecule has 5 rings (SSSR count). The number of methoxy groups -OCH3 is 1. The molecule has 1 aliphatic carbocycles. The Kier molecular flexibility index (Phi) is 5.24. The van der Waals surface area contributed by atoms with Gasteiger partial charge in [0.2, 0.25) is 0 Å². The number of ether oxygens (including phenoxy) is 1. The van der Waals surface area contributed by atoms with Gasteiger partial charge in [-0.3, -0.25) is 4.79 Å². The number of nitrogens with zero attached hydrogens (tertiary/aromatic N) is 4. The lowest BCUT2D eigenvalue weighted by molar-refractivity contribution is -0.0910. The van der Waals surface area contributed by atoms with Crippen LogP contribution in [-0.4, -0.2) is 51.7 Å². The van der Waals surface area contributed by atoms with Crippen molar-refractivity contribution in [3.05, 3.63) is 64.4 Å². The van der Waals surface area contributed by atoms with E-state index in [1.165, 1.54) is 4.68 Å². The smallest absolute Gasteiger partial charge is 0.277 e. The molecule has 2 heterocycles. The summed E-state index contributed by atoms with van der Waals surface area (Å²) in [6.45, 7) is 3.11. The Hall–Kier alpha value is -2.77. The molecule has 0 spiro atoms. The number of benzene rings is 2. The monoisotopic (exact) mass is 420 g/mol. The molecule has 2 atom stereocenters. The predicted molar refractivity (Wildman–Crippen MR) is 118 cm³/mol. The van der Waals surface area contributed by atoms with Crippen LogP contribution in [0.25, 0.3) is 10.9 Å². The van der Waals surface area contributed by atoms with Gasteiger partial charge in [-0.25, -0.2) is 4.68 Å². The van der Waals surface area contributed by atoms with Crippen LogP contribution in [0.1, 0.15) is 24.8 Å². The van der Waals surface area contributed by atoms with Crippen LogP contribution in [0.15, 0.2) is 53.3 Å².